The van der Waals surface area contributed by atoms with E-state index < -0.39 is 58.5 Å². The van der Waals surface area contributed by atoms with Gasteiger partial charge in [-0.25, -0.2) is 22.2 Å². The Balaban J connectivity index is 0.00000612. The van der Waals surface area contributed by atoms with Crippen molar-refractivity contribution >= 4 is 46.0 Å². The van der Waals surface area contributed by atoms with Crippen molar-refractivity contribution < 1.29 is 97.7 Å². The van der Waals surface area contributed by atoms with E-state index in [9.17, 15) is 32.1 Å². The Kier molecular flexibility index (Phi) is 12.1. The number of β-lactam (4-membered cyclic amide) rings is 1. The van der Waals surface area contributed by atoms with Crippen molar-refractivity contribution in [2.75, 3.05) is 25.2 Å². The third kappa shape index (κ3) is 9.60. The number of alkyl carbamates (subject to hydrolysis) is 1. The number of hydrogen-bond acceptors (Lipinski definition) is 13. The van der Waals surface area contributed by atoms with Gasteiger partial charge in [0, 0.05) is 5.75 Å². The predicted octanol–water partition coefficient (Wildman–Crippen LogP) is -4.03. The van der Waals surface area contributed by atoms with E-state index in [2.05, 4.69) is 20.4 Å². The molecule has 0 aromatic carbocycles. The van der Waals surface area contributed by atoms with Crippen LogP contribution in [0.3, 0.4) is 0 Å². The summed E-state index contributed by atoms with van der Waals surface area (Å²) in [5.41, 5.74) is -0.606. The Labute approximate surface area is 248 Å². The third-order valence-electron chi connectivity index (χ3n) is 4.11. The molecule has 1 aliphatic rings. The molecule has 1 aliphatic heterocycles. The van der Waals surface area contributed by atoms with Crippen molar-refractivity contribution in [1.29, 1.82) is 0 Å². The SMILES string of the molecule is COC(=O)CSC[C@H]1[C@H](n2cc(COC(=O)CNC(=O)OC(C)(C)C)nn2)C(=O)N1S(=O)(=O)[O-].[K+]. The van der Waals surface area contributed by atoms with Gasteiger partial charge in [0.25, 0.3) is 5.91 Å². The maximum atomic E-state index is 12.3. The van der Waals surface area contributed by atoms with Crippen LogP contribution in [0.2, 0.25) is 0 Å². The Hall–Kier alpha value is -1.28. The molecule has 35 heavy (non-hydrogen) atoms. The van der Waals surface area contributed by atoms with Gasteiger partial charge in [-0.1, -0.05) is 5.21 Å². The molecule has 0 bridgehead atoms. The zero-order valence-corrected chi connectivity index (χ0v) is 24.5. The summed E-state index contributed by atoms with van der Waals surface area (Å²) in [7, 11) is -3.89. The number of ether oxygens (including phenoxy) is 3. The van der Waals surface area contributed by atoms with Crippen molar-refractivity contribution in [3.05, 3.63) is 11.9 Å². The van der Waals surface area contributed by atoms with Crippen molar-refractivity contribution in [2.45, 2.75) is 45.1 Å². The number of aromatic nitrogens is 3. The molecule has 1 aromatic rings. The number of esters is 2. The maximum Gasteiger partial charge on any atom is 1.00 e. The second-order valence-electron chi connectivity index (χ2n) is 7.90. The zero-order valence-electron chi connectivity index (χ0n) is 19.7. The molecular weight excluding hydrogens is 537 g/mol. The van der Waals surface area contributed by atoms with Gasteiger partial charge in [-0.05, 0) is 20.8 Å². The number of carbonyl (C=O) groups is 4. The molecule has 2 amide bonds. The van der Waals surface area contributed by atoms with Crippen LogP contribution in [0, 0.1) is 0 Å². The normalized spacial score (nSPS) is 17.6. The number of nitrogens with one attached hydrogen (secondary N) is 1. The minimum absolute atomic E-state index is 0. The summed E-state index contributed by atoms with van der Waals surface area (Å²) in [4.78, 5) is 46.9. The van der Waals surface area contributed by atoms with Crippen LogP contribution >= 0.6 is 11.8 Å². The second kappa shape index (κ2) is 13.3. The molecule has 2 atom stereocenters. The number of methoxy groups -OCH3 is 1. The predicted molar refractivity (Wildman–Crippen MR) is 113 cm³/mol. The first-order chi connectivity index (χ1) is 15.7. The Morgan fingerprint density at radius 3 is 2.49 bits per heavy atom. The number of thioether (sulfide) groups is 1. The molecule has 1 fully saturated rings. The fourth-order valence-electron chi connectivity index (χ4n) is 2.73. The van der Waals surface area contributed by atoms with Gasteiger partial charge in [0.15, 0.2) is 16.3 Å². The average molecular weight is 562 g/mol. The largest absolute Gasteiger partial charge is 1.00 e. The minimum Gasteiger partial charge on any atom is -0.731 e. The van der Waals surface area contributed by atoms with Crippen LogP contribution in [0.15, 0.2) is 6.20 Å². The van der Waals surface area contributed by atoms with Crippen molar-refractivity contribution in [3.63, 3.8) is 0 Å². The van der Waals surface area contributed by atoms with Gasteiger partial charge in [-0.3, -0.25) is 14.4 Å². The first kappa shape index (κ1) is 31.7. The Morgan fingerprint density at radius 1 is 1.26 bits per heavy atom. The molecule has 0 spiro atoms. The third-order valence-corrected chi connectivity index (χ3v) is 6.06. The van der Waals surface area contributed by atoms with Crippen molar-refractivity contribution in [2.24, 2.45) is 0 Å². The van der Waals surface area contributed by atoms with Gasteiger partial charge in [0.2, 0.25) is 0 Å². The van der Waals surface area contributed by atoms with Crippen molar-refractivity contribution in [1.82, 2.24) is 24.6 Å². The summed E-state index contributed by atoms with van der Waals surface area (Å²) in [6.07, 6.45) is 0.456. The summed E-state index contributed by atoms with van der Waals surface area (Å²) < 4.78 is 50.0. The van der Waals surface area contributed by atoms with Gasteiger partial charge >= 0.3 is 69.4 Å². The number of carbonyl (C=O) groups excluding carboxylic acids is 4. The maximum absolute atomic E-state index is 12.3. The summed E-state index contributed by atoms with van der Waals surface area (Å²) >= 11 is 0.975. The van der Waals surface area contributed by atoms with E-state index in [0.717, 1.165) is 16.4 Å². The van der Waals surface area contributed by atoms with Gasteiger partial charge in [-0.15, -0.1) is 16.9 Å². The molecule has 2 heterocycles. The molecule has 0 aliphatic carbocycles. The number of nitrogens with zero attached hydrogens (tertiary/aromatic N) is 4. The van der Waals surface area contributed by atoms with Crippen LogP contribution < -0.4 is 56.7 Å². The van der Waals surface area contributed by atoms with Crippen LogP contribution in [-0.2, 0) is 45.5 Å². The standard InChI is InChI=1S/C17H25N5O10S2.K/c1-17(2,3)32-16(26)18-5-12(23)31-7-10-6-21(20-19-10)14-11(8-33-9-13(24)30-4)22(15(14)25)34(27,28)29;/h6,11,14H,5,7-9H2,1-4H3,(H,18,26)(H,27,28,29);/q;+1/p-1/t11-,14-;/m0./s1. The monoisotopic (exact) mass is 561 g/mol. The van der Waals surface area contributed by atoms with E-state index in [4.69, 9.17) is 9.47 Å². The molecule has 0 unspecified atom stereocenters. The topological polar surface area (TPSA) is 199 Å². The molecule has 0 radical (unpaired) electrons. The van der Waals surface area contributed by atoms with Crippen LogP contribution in [-0.4, -0.2) is 93.0 Å². The first-order valence-electron chi connectivity index (χ1n) is 9.69. The fourth-order valence-corrected chi connectivity index (χ4v) is 4.65. The number of rotatable bonds is 10. The van der Waals surface area contributed by atoms with Crippen LogP contribution in [0.25, 0.3) is 0 Å². The Bertz CT molecular complexity index is 1040. The van der Waals surface area contributed by atoms with E-state index in [0.29, 0.717) is 0 Å². The molecular formula is C17H24KN5O10S2. The van der Waals surface area contributed by atoms with Crippen LogP contribution in [0.1, 0.15) is 32.5 Å². The number of amides is 2. The molecule has 2 rings (SSSR count). The van der Waals surface area contributed by atoms with Gasteiger partial charge in [-0.2, -0.15) is 0 Å². The molecule has 1 aromatic heterocycles. The molecule has 190 valence electrons. The zero-order chi connectivity index (χ0) is 25.7. The summed E-state index contributed by atoms with van der Waals surface area (Å²) in [5, 5.41) is 9.74. The minimum atomic E-state index is -5.07. The van der Waals surface area contributed by atoms with Crippen molar-refractivity contribution in [3.8, 4) is 0 Å². The number of hydrogen-bond donors (Lipinski definition) is 1. The molecule has 1 N–H and O–H groups in total. The van der Waals surface area contributed by atoms with E-state index in [1.807, 2.05) is 0 Å². The Morgan fingerprint density at radius 2 is 1.91 bits per heavy atom. The van der Waals surface area contributed by atoms with E-state index >= 15 is 0 Å². The van der Waals surface area contributed by atoms with E-state index in [1.165, 1.54) is 13.3 Å². The molecule has 18 heteroatoms. The molecule has 0 saturated carbocycles. The smallest absolute Gasteiger partial charge is 0.731 e. The molecule has 1 saturated heterocycles. The fraction of sp³-hybridized carbons (Fsp3) is 0.647. The summed E-state index contributed by atoms with van der Waals surface area (Å²) in [6.45, 7) is 4.18. The summed E-state index contributed by atoms with van der Waals surface area (Å²) in [5.74, 6) is -2.53. The first-order valence-corrected chi connectivity index (χ1v) is 12.2. The van der Waals surface area contributed by atoms with Crippen LogP contribution in [0.5, 0.6) is 0 Å². The average Bonchev–Trinajstić information content (AvgIpc) is 3.15. The molecule has 15 nitrogen and oxygen atoms in total. The second-order valence-corrected chi connectivity index (χ2v) is 10.2. The van der Waals surface area contributed by atoms with Crippen LogP contribution in [0.4, 0.5) is 4.79 Å². The van der Waals surface area contributed by atoms with Gasteiger partial charge < -0.3 is 24.1 Å². The van der Waals surface area contributed by atoms with Gasteiger partial charge in [0.1, 0.15) is 24.4 Å². The van der Waals surface area contributed by atoms with Gasteiger partial charge in [0.05, 0.1) is 25.1 Å². The summed E-state index contributed by atoms with van der Waals surface area (Å²) in [6, 6.07) is -2.25. The quantitative estimate of drug-likeness (QED) is 0.0953. The van der Waals surface area contributed by atoms with E-state index in [1.54, 1.807) is 20.8 Å². The van der Waals surface area contributed by atoms with E-state index in [-0.39, 0.29) is 79.5 Å².